The lowest BCUT2D eigenvalue weighted by Crippen LogP contribution is -2.86. The number of ketones is 1. The summed E-state index contributed by atoms with van der Waals surface area (Å²) in [6.07, 6.45) is 3.78. The number of aromatic nitrogens is 1. The average molecular weight is 604 g/mol. The van der Waals surface area contributed by atoms with Crippen molar-refractivity contribution in [2.45, 2.75) is 99.0 Å². The Morgan fingerprint density at radius 3 is 2.64 bits per heavy atom. The summed E-state index contributed by atoms with van der Waals surface area (Å²) in [6, 6.07) is 3.86. The standard InChI is InChI=1S/C33H37N3O8/c1-28(2)11-9-16-18(43-28)8-7-17-21-22-25-33(41,20(38)14-31(15-37,42-5)44-25)36-26(39)30-10-6-12-35(30)27(40)32(22,36)19(13-30)29(3,4)24(21)34-23(16)17/h7-9,11,19,22,25,34,37,41H,6,10,12-15H2,1-5H3. The van der Waals surface area contributed by atoms with E-state index in [2.05, 4.69) is 18.8 Å². The minimum Gasteiger partial charge on any atom is -0.483 e. The first kappa shape index (κ1) is 27.1. The lowest BCUT2D eigenvalue weighted by molar-refractivity contribution is -0.312. The largest absolute Gasteiger partial charge is 0.483 e. The second-order valence-corrected chi connectivity index (χ2v) is 15.0. The molecule has 10 rings (SSSR count). The van der Waals surface area contributed by atoms with E-state index in [-0.39, 0.29) is 11.8 Å². The van der Waals surface area contributed by atoms with Gasteiger partial charge in [-0.05, 0) is 63.0 Å². The first-order chi connectivity index (χ1) is 20.7. The molecule has 2 bridgehead atoms. The van der Waals surface area contributed by atoms with Crippen LogP contribution in [0.25, 0.3) is 17.0 Å². The van der Waals surface area contributed by atoms with Crippen molar-refractivity contribution in [2.24, 2.45) is 5.92 Å². The van der Waals surface area contributed by atoms with Gasteiger partial charge in [-0.1, -0.05) is 13.8 Å². The van der Waals surface area contributed by atoms with Crippen molar-refractivity contribution in [1.82, 2.24) is 14.8 Å². The second-order valence-electron chi connectivity index (χ2n) is 15.0. The Balaban J connectivity index is 1.40. The molecule has 232 valence electrons. The first-order valence-corrected chi connectivity index (χ1v) is 15.6. The van der Waals surface area contributed by atoms with Crippen molar-refractivity contribution in [3.63, 3.8) is 0 Å². The third kappa shape index (κ3) is 2.56. The molecule has 3 N–H and O–H groups in total. The quantitative estimate of drug-likeness (QED) is 0.474. The molecule has 44 heavy (non-hydrogen) atoms. The van der Waals surface area contributed by atoms with Gasteiger partial charge in [0.1, 0.15) is 28.5 Å². The molecule has 0 radical (unpaired) electrons. The van der Waals surface area contributed by atoms with Crippen LogP contribution in [0.4, 0.5) is 0 Å². The highest BCUT2D eigenvalue weighted by atomic mass is 16.7. The highest BCUT2D eigenvalue weighted by Crippen LogP contribution is 2.72. The van der Waals surface area contributed by atoms with Gasteiger partial charge in [0.15, 0.2) is 11.6 Å². The molecular weight excluding hydrogens is 566 g/mol. The van der Waals surface area contributed by atoms with E-state index in [1.54, 1.807) is 4.90 Å². The maximum atomic E-state index is 15.1. The SMILES string of the molecule is COC1(CO)CC(=O)C2(O)C(O1)C1c3c([nH]c4c5c(ccc34)OC(C)(C)C=C5)C(C)(C)C3CC45CCCN4C(=O)C13N2C5=O. The Bertz CT molecular complexity index is 1770. The number of carbonyl (C=O) groups excluding carboxylic acids is 3. The van der Waals surface area contributed by atoms with Crippen LogP contribution in [0.5, 0.6) is 5.75 Å². The number of methoxy groups -OCH3 is 1. The Kier molecular flexibility index (Phi) is 4.67. The van der Waals surface area contributed by atoms with Crippen molar-refractivity contribution < 1.29 is 38.8 Å². The van der Waals surface area contributed by atoms with E-state index < -0.39 is 70.4 Å². The highest BCUT2D eigenvalue weighted by molar-refractivity contribution is 6.11. The molecule has 11 heteroatoms. The number of piperidine rings is 2. The molecule has 0 saturated carbocycles. The summed E-state index contributed by atoms with van der Waals surface area (Å²) in [6.45, 7) is 7.97. The topological polar surface area (TPSA) is 142 Å². The number of Topliss-reactive ketones (excluding diaryl/α,β-unsaturated/α-hetero) is 1. The fraction of sp³-hybridized carbons (Fsp3) is 0.606. The normalized spacial score (nSPS) is 41.8. The predicted octanol–water partition coefficient (Wildman–Crippen LogP) is 2.08. The van der Waals surface area contributed by atoms with Gasteiger partial charge in [-0.2, -0.15) is 0 Å². The second kappa shape index (κ2) is 7.58. The zero-order valence-electron chi connectivity index (χ0n) is 25.5. The number of benzene rings is 1. The Morgan fingerprint density at radius 2 is 1.91 bits per heavy atom. The van der Waals surface area contributed by atoms with Crippen LogP contribution in [0.2, 0.25) is 0 Å². The first-order valence-electron chi connectivity index (χ1n) is 15.6. The van der Waals surface area contributed by atoms with Crippen LogP contribution in [0.1, 0.15) is 76.1 Å². The molecule has 6 saturated heterocycles. The maximum Gasteiger partial charge on any atom is 0.252 e. The number of hydrogen-bond donors (Lipinski definition) is 3. The zero-order valence-corrected chi connectivity index (χ0v) is 25.5. The van der Waals surface area contributed by atoms with E-state index in [1.807, 2.05) is 38.1 Å². The minimum atomic E-state index is -2.42. The van der Waals surface area contributed by atoms with Gasteiger partial charge in [0.25, 0.3) is 11.8 Å². The van der Waals surface area contributed by atoms with Gasteiger partial charge >= 0.3 is 0 Å². The number of aromatic amines is 1. The number of amides is 2. The van der Waals surface area contributed by atoms with E-state index in [1.165, 1.54) is 12.0 Å². The molecule has 8 heterocycles. The summed E-state index contributed by atoms with van der Waals surface area (Å²) in [5.74, 6) is -3.68. The van der Waals surface area contributed by atoms with E-state index in [0.717, 1.165) is 33.5 Å². The summed E-state index contributed by atoms with van der Waals surface area (Å²) in [4.78, 5) is 50.8. The van der Waals surface area contributed by atoms with Crippen molar-refractivity contribution in [1.29, 1.82) is 0 Å². The highest BCUT2D eigenvalue weighted by Gasteiger charge is 2.88. The smallest absolute Gasteiger partial charge is 0.252 e. The molecule has 1 aromatic carbocycles. The molecule has 6 fully saturated rings. The van der Waals surface area contributed by atoms with Crippen LogP contribution in [0.15, 0.2) is 18.2 Å². The molecule has 7 aliphatic heterocycles. The summed E-state index contributed by atoms with van der Waals surface area (Å²) in [5.41, 5.74) is -2.98. The number of rotatable bonds is 2. The Labute approximate surface area is 254 Å². The summed E-state index contributed by atoms with van der Waals surface area (Å²) < 4.78 is 18.4. The number of piperazine rings is 1. The van der Waals surface area contributed by atoms with Gasteiger partial charge in [0, 0.05) is 41.6 Å². The molecule has 2 amide bonds. The Morgan fingerprint density at radius 1 is 1.14 bits per heavy atom. The molecule has 7 unspecified atom stereocenters. The number of fused-ring (bicyclic) bond motifs is 8. The van der Waals surface area contributed by atoms with E-state index >= 15 is 4.79 Å². The van der Waals surface area contributed by atoms with Crippen molar-refractivity contribution in [3.05, 3.63) is 35.0 Å². The summed E-state index contributed by atoms with van der Waals surface area (Å²) in [7, 11) is 1.34. The number of nitrogens with zero attached hydrogens (tertiary/aromatic N) is 2. The van der Waals surface area contributed by atoms with Gasteiger partial charge in [-0.15, -0.1) is 0 Å². The van der Waals surface area contributed by atoms with Crippen molar-refractivity contribution in [3.8, 4) is 5.75 Å². The number of aliphatic hydroxyl groups excluding tert-OH is 1. The van der Waals surface area contributed by atoms with Crippen LogP contribution >= 0.6 is 0 Å². The lowest BCUT2D eigenvalue weighted by Gasteiger charge is -2.67. The van der Waals surface area contributed by atoms with Crippen molar-refractivity contribution >= 4 is 34.6 Å². The summed E-state index contributed by atoms with van der Waals surface area (Å²) >= 11 is 0. The van der Waals surface area contributed by atoms with Gasteiger partial charge in [-0.3, -0.25) is 19.3 Å². The van der Waals surface area contributed by atoms with Gasteiger partial charge in [0.2, 0.25) is 5.72 Å². The number of ether oxygens (including phenoxy) is 3. The number of H-pyrrole nitrogens is 1. The van der Waals surface area contributed by atoms with Crippen molar-refractivity contribution in [2.75, 3.05) is 20.3 Å². The van der Waals surface area contributed by atoms with Gasteiger partial charge < -0.3 is 34.3 Å². The zero-order chi connectivity index (χ0) is 31.0. The molecule has 7 atom stereocenters. The Hall–Kier alpha value is -3.25. The fourth-order valence-electron chi connectivity index (χ4n) is 10.4. The third-order valence-corrected chi connectivity index (χ3v) is 12.3. The minimum absolute atomic E-state index is 0.238. The van der Waals surface area contributed by atoms with Crippen LogP contribution in [-0.2, 0) is 29.3 Å². The van der Waals surface area contributed by atoms with Crippen LogP contribution in [0.3, 0.4) is 0 Å². The van der Waals surface area contributed by atoms with E-state index in [9.17, 15) is 19.8 Å². The average Bonchev–Trinajstić information content (AvgIpc) is 3.65. The van der Waals surface area contributed by atoms with Crippen LogP contribution in [0, 0.1) is 5.92 Å². The maximum absolute atomic E-state index is 15.1. The van der Waals surface area contributed by atoms with Crippen LogP contribution in [-0.4, -0.2) is 97.2 Å². The number of carbonyl (C=O) groups is 3. The van der Waals surface area contributed by atoms with Gasteiger partial charge in [-0.25, -0.2) is 0 Å². The molecule has 1 aliphatic carbocycles. The summed E-state index contributed by atoms with van der Waals surface area (Å²) in [5, 5.41) is 23.9. The van der Waals surface area contributed by atoms with E-state index in [4.69, 9.17) is 14.2 Å². The molecule has 2 spiro atoms. The number of nitrogens with one attached hydrogen (secondary N) is 1. The molecule has 2 aromatic rings. The number of hydrogen-bond acceptors (Lipinski definition) is 8. The molecule has 11 nitrogen and oxygen atoms in total. The predicted molar refractivity (Wildman–Crippen MR) is 155 cm³/mol. The fourth-order valence-corrected chi connectivity index (χ4v) is 10.4. The third-order valence-electron chi connectivity index (χ3n) is 12.3. The van der Waals surface area contributed by atoms with Crippen LogP contribution < -0.4 is 4.74 Å². The number of aliphatic hydroxyl groups is 2. The van der Waals surface area contributed by atoms with Gasteiger partial charge in [0.05, 0.1) is 24.5 Å². The van der Waals surface area contributed by atoms with E-state index in [0.29, 0.717) is 25.8 Å². The monoisotopic (exact) mass is 603 g/mol. The molecule has 1 aromatic heterocycles. The molecular formula is C33H37N3O8. The molecule has 8 aliphatic rings. The lowest BCUT2D eigenvalue weighted by atomic mass is 9.48.